The van der Waals surface area contributed by atoms with E-state index in [2.05, 4.69) is 10.3 Å². The van der Waals surface area contributed by atoms with Crippen molar-refractivity contribution in [2.75, 3.05) is 13.2 Å². The number of nitrogens with one attached hydrogen (secondary N) is 1. The van der Waals surface area contributed by atoms with E-state index in [1.807, 2.05) is 17.7 Å². The standard InChI is InChI=1S/C15H20FN3O2/c1-12(9-19-7-6-17-11-19)18-8-13(20)10-21-15-5-3-2-4-14(15)16/h2-7,11-13,18,20H,8-10H2,1H3. The molecular weight excluding hydrogens is 273 g/mol. The summed E-state index contributed by atoms with van der Waals surface area (Å²) in [5, 5.41) is 13.0. The Hall–Kier alpha value is -1.92. The molecule has 5 nitrogen and oxygen atoms in total. The van der Waals surface area contributed by atoms with Crippen LogP contribution in [0.5, 0.6) is 5.75 Å². The number of aliphatic hydroxyl groups is 1. The molecule has 0 aliphatic rings. The first-order chi connectivity index (χ1) is 10.1. The predicted octanol–water partition coefficient (Wildman–Crippen LogP) is 1.44. The SMILES string of the molecule is CC(Cn1ccnc1)NCC(O)COc1ccccc1F. The van der Waals surface area contributed by atoms with Gasteiger partial charge in [0.1, 0.15) is 12.7 Å². The van der Waals surface area contributed by atoms with Gasteiger partial charge in [-0.25, -0.2) is 9.37 Å². The number of hydrogen-bond acceptors (Lipinski definition) is 4. The summed E-state index contributed by atoms with van der Waals surface area (Å²) in [6, 6.07) is 6.33. The number of rotatable bonds is 8. The lowest BCUT2D eigenvalue weighted by atomic mass is 10.3. The monoisotopic (exact) mass is 293 g/mol. The Morgan fingerprint density at radius 3 is 2.95 bits per heavy atom. The zero-order chi connectivity index (χ0) is 15.1. The molecule has 0 spiro atoms. The van der Waals surface area contributed by atoms with Gasteiger partial charge in [-0.3, -0.25) is 0 Å². The van der Waals surface area contributed by atoms with Crippen LogP contribution in [0.4, 0.5) is 4.39 Å². The number of aromatic nitrogens is 2. The molecule has 2 rings (SSSR count). The number of para-hydroxylation sites is 1. The molecule has 0 aliphatic heterocycles. The Bertz CT molecular complexity index is 533. The van der Waals surface area contributed by atoms with Crippen LogP contribution in [0, 0.1) is 5.82 Å². The number of benzene rings is 1. The summed E-state index contributed by atoms with van der Waals surface area (Å²) in [4.78, 5) is 3.97. The topological polar surface area (TPSA) is 59.3 Å². The Labute approximate surface area is 123 Å². The number of ether oxygens (including phenoxy) is 1. The van der Waals surface area contributed by atoms with Crippen LogP contribution in [0.2, 0.25) is 0 Å². The molecule has 2 N–H and O–H groups in total. The van der Waals surface area contributed by atoms with Crippen LogP contribution in [0.15, 0.2) is 43.0 Å². The van der Waals surface area contributed by atoms with Crippen LogP contribution in [0.1, 0.15) is 6.92 Å². The predicted molar refractivity (Wildman–Crippen MR) is 77.6 cm³/mol. The van der Waals surface area contributed by atoms with Crippen LogP contribution >= 0.6 is 0 Å². The van der Waals surface area contributed by atoms with Gasteiger partial charge in [-0.2, -0.15) is 0 Å². The van der Waals surface area contributed by atoms with E-state index in [9.17, 15) is 9.50 Å². The molecule has 0 saturated carbocycles. The van der Waals surface area contributed by atoms with Gasteiger partial charge in [0.15, 0.2) is 11.6 Å². The van der Waals surface area contributed by atoms with Gasteiger partial charge in [0.2, 0.25) is 0 Å². The minimum atomic E-state index is -0.699. The number of aliphatic hydroxyl groups excluding tert-OH is 1. The van der Waals surface area contributed by atoms with E-state index in [0.29, 0.717) is 6.54 Å². The summed E-state index contributed by atoms with van der Waals surface area (Å²) in [5.74, 6) is -0.269. The van der Waals surface area contributed by atoms with Crippen molar-refractivity contribution in [1.82, 2.24) is 14.9 Å². The van der Waals surface area contributed by atoms with Crippen LogP contribution in [0.3, 0.4) is 0 Å². The van der Waals surface area contributed by atoms with Gasteiger partial charge < -0.3 is 19.7 Å². The Morgan fingerprint density at radius 1 is 1.43 bits per heavy atom. The second kappa shape index (κ2) is 7.75. The smallest absolute Gasteiger partial charge is 0.165 e. The van der Waals surface area contributed by atoms with E-state index < -0.39 is 11.9 Å². The number of halogens is 1. The third-order valence-corrected chi connectivity index (χ3v) is 3.01. The van der Waals surface area contributed by atoms with E-state index in [0.717, 1.165) is 6.54 Å². The third kappa shape index (κ3) is 5.17. The molecule has 6 heteroatoms. The summed E-state index contributed by atoms with van der Waals surface area (Å²) >= 11 is 0. The first kappa shape index (κ1) is 15.5. The molecule has 0 fully saturated rings. The first-order valence-corrected chi connectivity index (χ1v) is 6.89. The van der Waals surface area contributed by atoms with Crippen molar-refractivity contribution >= 4 is 0 Å². The van der Waals surface area contributed by atoms with E-state index in [1.54, 1.807) is 24.7 Å². The van der Waals surface area contributed by atoms with Gasteiger partial charge >= 0.3 is 0 Å². The van der Waals surface area contributed by atoms with E-state index in [4.69, 9.17) is 4.74 Å². The molecule has 114 valence electrons. The fourth-order valence-electron chi connectivity index (χ4n) is 1.92. The molecule has 2 aromatic rings. The molecule has 0 radical (unpaired) electrons. The minimum Gasteiger partial charge on any atom is -0.488 e. The summed E-state index contributed by atoms with van der Waals surface area (Å²) in [7, 11) is 0. The number of imidazole rings is 1. The number of hydrogen-bond donors (Lipinski definition) is 2. The van der Waals surface area contributed by atoms with Gasteiger partial charge in [-0.05, 0) is 19.1 Å². The largest absolute Gasteiger partial charge is 0.488 e. The molecule has 0 amide bonds. The number of nitrogens with zero attached hydrogens (tertiary/aromatic N) is 2. The van der Waals surface area contributed by atoms with E-state index >= 15 is 0 Å². The fourth-order valence-corrected chi connectivity index (χ4v) is 1.92. The third-order valence-electron chi connectivity index (χ3n) is 3.01. The van der Waals surface area contributed by atoms with Crippen molar-refractivity contribution in [1.29, 1.82) is 0 Å². The molecule has 2 unspecified atom stereocenters. The van der Waals surface area contributed by atoms with Gasteiger partial charge in [-0.1, -0.05) is 12.1 Å². The summed E-state index contributed by atoms with van der Waals surface area (Å²) < 4.78 is 20.5. The molecule has 0 saturated heterocycles. The molecule has 1 aromatic carbocycles. The average molecular weight is 293 g/mol. The zero-order valence-corrected chi connectivity index (χ0v) is 11.9. The normalized spacial score (nSPS) is 13.9. The lowest BCUT2D eigenvalue weighted by Crippen LogP contribution is -2.38. The van der Waals surface area contributed by atoms with Crippen molar-refractivity contribution in [2.24, 2.45) is 0 Å². The summed E-state index contributed by atoms with van der Waals surface area (Å²) in [6.45, 7) is 3.21. The average Bonchev–Trinajstić information content (AvgIpc) is 2.97. The van der Waals surface area contributed by atoms with Gasteiger partial charge in [0.25, 0.3) is 0 Å². The highest BCUT2D eigenvalue weighted by Crippen LogP contribution is 2.15. The highest BCUT2D eigenvalue weighted by molar-refractivity contribution is 5.23. The molecule has 1 aromatic heterocycles. The Balaban J connectivity index is 1.67. The lowest BCUT2D eigenvalue weighted by molar-refractivity contribution is 0.101. The van der Waals surface area contributed by atoms with Crippen molar-refractivity contribution in [3.63, 3.8) is 0 Å². The van der Waals surface area contributed by atoms with Gasteiger partial charge in [0.05, 0.1) is 6.33 Å². The highest BCUT2D eigenvalue weighted by Gasteiger charge is 2.10. The van der Waals surface area contributed by atoms with Gasteiger partial charge in [-0.15, -0.1) is 0 Å². The summed E-state index contributed by atoms with van der Waals surface area (Å²) in [5.41, 5.74) is 0. The molecule has 0 bridgehead atoms. The van der Waals surface area contributed by atoms with E-state index in [-0.39, 0.29) is 18.4 Å². The lowest BCUT2D eigenvalue weighted by Gasteiger charge is -2.18. The molecule has 2 atom stereocenters. The van der Waals surface area contributed by atoms with Crippen LogP contribution in [-0.2, 0) is 6.54 Å². The van der Waals surface area contributed by atoms with Gasteiger partial charge in [0, 0.05) is 31.5 Å². The molecule has 21 heavy (non-hydrogen) atoms. The second-order valence-electron chi connectivity index (χ2n) is 4.96. The Kier molecular flexibility index (Phi) is 5.71. The van der Waals surface area contributed by atoms with Crippen LogP contribution in [0.25, 0.3) is 0 Å². The van der Waals surface area contributed by atoms with Crippen molar-refractivity contribution in [3.05, 3.63) is 48.8 Å². The zero-order valence-electron chi connectivity index (χ0n) is 11.9. The quantitative estimate of drug-likeness (QED) is 0.773. The van der Waals surface area contributed by atoms with Crippen LogP contribution in [-0.4, -0.2) is 40.0 Å². The van der Waals surface area contributed by atoms with Crippen LogP contribution < -0.4 is 10.1 Å². The minimum absolute atomic E-state index is 0.0473. The van der Waals surface area contributed by atoms with Crippen molar-refractivity contribution in [2.45, 2.75) is 25.6 Å². The maximum absolute atomic E-state index is 13.3. The highest BCUT2D eigenvalue weighted by atomic mass is 19.1. The summed E-state index contributed by atoms with van der Waals surface area (Å²) in [6.07, 6.45) is 4.66. The first-order valence-electron chi connectivity index (χ1n) is 6.89. The van der Waals surface area contributed by atoms with Crippen molar-refractivity contribution < 1.29 is 14.2 Å². The maximum atomic E-state index is 13.3. The Morgan fingerprint density at radius 2 is 2.24 bits per heavy atom. The van der Waals surface area contributed by atoms with E-state index in [1.165, 1.54) is 12.1 Å². The van der Waals surface area contributed by atoms with Crippen molar-refractivity contribution in [3.8, 4) is 5.75 Å². The fraction of sp³-hybridized carbons (Fsp3) is 0.400. The maximum Gasteiger partial charge on any atom is 0.165 e. The molecule has 1 heterocycles. The molecule has 0 aliphatic carbocycles. The second-order valence-corrected chi connectivity index (χ2v) is 4.96. The molecular formula is C15H20FN3O2.